The molecule has 1 saturated heterocycles. The van der Waals surface area contributed by atoms with E-state index in [0.717, 1.165) is 30.5 Å². The molecular formula is C28H31F2N3O3. The highest BCUT2D eigenvalue weighted by atomic mass is 19.1. The molecule has 8 heteroatoms. The first-order valence-electron chi connectivity index (χ1n) is 12.6. The van der Waals surface area contributed by atoms with Crippen molar-refractivity contribution >= 4 is 17.4 Å². The van der Waals surface area contributed by atoms with Crippen LogP contribution in [-0.2, 0) is 14.3 Å². The molecule has 0 aromatic heterocycles. The fourth-order valence-corrected chi connectivity index (χ4v) is 5.04. The summed E-state index contributed by atoms with van der Waals surface area (Å²) < 4.78 is 33.9. The lowest BCUT2D eigenvalue weighted by atomic mass is 10.0. The Bertz CT molecular complexity index is 1130. The molecule has 0 spiro atoms. The maximum Gasteiger partial charge on any atom is 0.241 e. The summed E-state index contributed by atoms with van der Waals surface area (Å²) in [5.74, 6) is -0.838. The predicted molar refractivity (Wildman–Crippen MR) is 132 cm³/mol. The molecule has 190 valence electrons. The number of carbonyl (C=O) groups is 2. The summed E-state index contributed by atoms with van der Waals surface area (Å²) in [6, 6.07) is 12.2. The summed E-state index contributed by atoms with van der Waals surface area (Å²) in [6.45, 7) is 2.91. The number of hydrogen-bond acceptors (Lipinski definition) is 4. The van der Waals surface area contributed by atoms with Crippen LogP contribution in [0.25, 0.3) is 5.57 Å². The van der Waals surface area contributed by atoms with Crippen LogP contribution in [0.3, 0.4) is 0 Å². The summed E-state index contributed by atoms with van der Waals surface area (Å²) in [5, 5.41) is 3.35. The minimum atomic E-state index is -0.518. The Kier molecular flexibility index (Phi) is 7.43. The van der Waals surface area contributed by atoms with E-state index in [9.17, 15) is 18.4 Å². The molecule has 2 aromatic rings. The third-order valence-corrected chi connectivity index (χ3v) is 7.16. The van der Waals surface area contributed by atoms with Crippen molar-refractivity contribution in [2.24, 2.45) is 5.92 Å². The number of amides is 2. The smallest absolute Gasteiger partial charge is 0.241 e. The van der Waals surface area contributed by atoms with Crippen LogP contribution in [0.2, 0.25) is 0 Å². The number of halogens is 2. The van der Waals surface area contributed by atoms with Crippen LogP contribution >= 0.6 is 0 Å². The lowest BCUT2D eigenvalue weighted by molar-refractivity contribution is -0.137. The van der Waals surface area contributed by atoms with E-state index in [1.807, 2.05) is 36.4 Å². The van der Waals surface area contributed by atoms with Gasteiger partial charge in [-0.15, -0.1) is 0 Å². The molecular weight excluding hydrogens is 464 g/mol. The number of nitrogens with one attached hydrogen (secondary N) is 1. The molecule has 36 heavy (non-hydrogen) atoms. The highest BCUT2D eigenvalue weighted by molar-refractivity contribution is 5.87. The van der Waals surface area contributed by atoms with E-state index in [1.54, 1.807) is 9.80 Å². The maximum atomic E-state index is 14.6. The molecule has 1 aliphatic carbocycles. The van der Waals surface area contributed by atoms with Crippen molar-refractivity contribution in [2.45, 2.75) is 31.3 Å². The number of carbonyl (C=O) groups excluding carboxylic acids is 2. The SMILES string of the molecule is O=C(CCN[C@H](C(=O)N1CC(c2cc(F)ccc2F)=C[C@H]1c1ccccc1)C1CC1)N1CCOCC1. The second-order valence-corrected chi connectivity index (χ2v) is 9.65. The van der Waals surface area contributed by atoms with Crippen LogP contribution in [0.15, 0.2) is 54.6 Å². The monoisotopic (exact) mass is 495 g/mol. The Labute approximate surface area is 209 Å². The zero-order valence-electron chi connectivity index (χ0n) is 20.2. The van der Waals surface area contributed by atoms with Crippen LogP contribution in [0, 0.1) is 17.6 Å². The topological polar surface area (TPSA) is 61.9 Å². The molecule has 3 aliphatic rings. The average Bonchev–Trinajstić information content (AvgIpc) is 3.65. The minimum Gasteiger partial charge on any atom is -0.378 e. The van der Waals surface area contributed by atoms with E-state index in [2.05, 4.69) is 5.32 Å². The zero-order valence-corrected chi connectivity index (χ0v) is 20.2. The molecule has 0 radical (unpaired) electrons. The highest BCUT2D eigenvalue weighted by Gasteiger charge is 2.41. The van der Waals surface area contributed by atoms with Crippen LogP contribution in [0.4, 0.5) is 8.78 Å². The van der Waals surface area contributed by atoms with Crippen LogP contribution in [-0.4, -0.2) is 67.0 Å². The molecule has 0 bridgehead atoms. The Morgan fingerprint density at radius 2 is 1.81 bits per heavy atom. The van der Waals surface area contributed by atoms with E-state index in [4.69, 9.17) is 4.74 Å². The van der Waals surface area contributed by atoms with Gasteiger partial charge in [-0.2, -0.15) is 0 Å². The van der Waals surface area contributed by atoms with Crippen LogP contribution in [0.5, 0.6) is 0 Å². The molecule has 2 fully saturated rings. The normalized spacial score (nSPS) is 20.8. The van der Waals surface area contributed by atoms with E-state index >= 15 is 0 Å². The van der Waals surface area contributed by atoms with Gasteiger partial charge in [0.1, 0.15) is 11.6 Å². The number of rotatable bonds is 8. The van der Waals surface area contributed by atoms with Crippen LogP contribution in [0.1, 0.15) is 36.4 Å². The van der Waals surface area contributed by atoms with Crippen molar-refractivity contribution in [3.8, 4) is 0 Å². The van der Waals surface area contributed by atoms with Gasteiger partial charge >= 0.3 is 0 Å². The van der Waals surface area contributed by atoms with Gasteiger partial charge in [0, 0.05) is 38.2 Å². The summed E-state index contributed by atoms with van der Waals surface area (Å²) in [5.41, 5.74) is 1.68. The number of benzene rings is 2. The fraction of sp³-hybridized carbons (Fsp3) is 0.429. The highest BCUT2D eigenvalue weighted by Crippen LogP contribution is 2.39. The summed E-state index contributed by atoms with van der Waals surface area (Å²) >= 11 is 0. The van der Waals surface area contributed by atoms with Gasteiger partial charge in [-0.05, 0) is 48.1 Å². The van der Waals surface area contributed by atoms with Gasteiger partial charge < -0.3 is 19.9 Å². The van der Waals surface area contributed by atoms with Crippen molar-refractivity contribution < 1.29 is 23.1 Å². The predicted octanol–water partition coefficient (Wildman–Crippen LogP) is 3.55. The van der Waals surface area contributed by atoms with Gasteiger partial charge in [0.15, 0.2) is 0 Å². The minimum absolute atomic E-state index is 0.0571. The van der Waals surface area contributed by atoms with Gasteiger partial charge in [0.05, 0.1) is 25.3 Å². The van der Waals surface area contributed by atoms with Gasteiger partial charge in [-0.1, -0.05) is 36.4 Å². The Hall–Kier alpha value is -3.10. The van der Waals surface area contributed by atoms with Crippen molar-refractivity contribution in [1.29, 1.82) is 0 Å². The van der Waals surface area contributed by atoms with Gasteiger partial charge in [-0.25, -0.2) is 8.78 Å². The van der Waals surface area contributed by atoms with Crippen molar-refractivity contribution in [2.75, 3.05) is 39.4 Å². The molecule has 1 N–H and O–H groups in total. The van der Waals surface area contributed by atoms with E-state index < -0.39 is 17.7 Å². The first-order valence-corrected chi connectivity index (χ1v) is 12.6. The standard InChI is InChI=1S/C28H31F2N3O3/c29-22-8-9-24(30)23(17-22)21-16-25(19-4-2-1-3-5-19)33(18-21)28(35)27(20-6-7-20)31-11-10-26(34)32-12-14-36-15-13-32/h1-5,8-9,16-17,20,25,27,31H,6-7,10-15,18H2/t25-,27-/m0/s1. The molecule has 2 aromatic carbocycles. The van der Waals surface area contributed by atoms with E-state index in [0.29, 0.717) is 44.8 Å². The number of ether oxygens (including phenoxy) is 1. The zero-order chi connectivity index (χ0) is 25.1. The summed E-state index contributed by atoms with van der Waals surface area (Å²) in [4.78, 5) is 30.0. The first kappa shape index (κ1) is 24.6. The lowest BCUT2D eigenvalue weighted by Gasteiger charge is -2.30. The van der Waals surface area contributed by atoms with Gasteiger partial charge in [0.25, 0.3) is 0 Å². The Balaban J connectivity index is 1.32. The van der Waals surface area contributed by atoms with Crippen molar-refractivity contribution in [1.82, 2.24) is 15.1 Å². The number of morpholine rings is 1. The molecule has 1 saturated carbocycles. The first-order chi connectivity index (χ1) is 17.5. The summed E-state index contributed by atoms with van der Waals surface area (Å²) in [7, 11) is 0. The van der Waals surface area contributed by atoms with Crippen molar-refractivity contribution in [3.05, 3.63) is 77.4 Å². The quantitative estimate of drug-likeness (QED) is 0.609. The van der Waals surface area contributed by atoms with Crippen LogP contribution < -0.4 is 5.32 Å². The Morgan fingerprint density at radius 3 is 2.53 bits per heavy atom. The second kappa shape index (κ2) is 10.9. The average molecular weight is 496 g/mol. The number of hydrogen-bond donors (Lipinski definition) is 1. The summed E-state index contributed by atoms with van der Waals surface area (Å²) in [6.07, 6.45) is 4.07. The molecule has 2 atom stereocenters. The molecule has 2 aliphatic heterocycles. The van der Waals surface area contributed by atoms with Gasteiger partial charge in [0.2, 0.25) is 11.8 Å². The molecule has 0 unspecified atom stereocenters. The third kappa shape index (κ3) is 5.50. The maximum absolute atomic E-state index is 14.6. The van der Waals surface area contributed by atoms with E-state index in [1.165, 1.54) is 6.07 Å². The molecule has 2 amide bonds. The van der Waals surface area contributed by atoms with Gasteiger partial charge in [-0.3, -0.25) is 9.59 Å². The van der Waals surface area contributed by atoms with E-state index in [-0.39, 0.29) is 35.9 Å². The fourth-order valence-electron chi connectivity index (χ4n) is 5.04. The number of nitrogens with zero attached hydrogens (tertiary/aromatic N) is 2. The second-order valence-electron chi connectivity index (χ2n) is 9.65. The van der Waals surface area contributed by atoms with Crippen molar-refractivity contribution in [3.63, 3.8) is 0 Å². The Morgan fingerprint density at radius 1 is 1.06 bits per heavy atom. The lowest BCUT2D eigenvalue weighted by Crippen LogP contribution is -2.49. The molecule has 2 heterocycles. The largest absolute Gasteiger partial charge is 0.378 e. The molecule has 6 nitrogen and oxygen atoms in total. The molecule has 5 rings (SSSR count). The third-order valence-electron chi connectivity index (χ3n) is 7.16.